The molecule has 0 N–H and O–H groups in total. The van der Waals surface area contributed by atoms with Gasteiger partial charge in [-0.2, -0.15) is 16.1 Å². The summed E-state index contributed by atoms with van der Waals surface area (Å²) < 4.78 is 57.0. The zero-order valence-corrected chi connectivity index (χ0v) is 16.9. The monoisotopic (exact) mass is 425 g/mol. The minimum atomic E-state index is -3.77. The van der Waals surface area contributed by atoms with Crippen LogP contribution in [0.3, 0.4) is 0 Å². The summed E-state index contributed by atoms with van der Waals surface area (Å²) in [4.78, 5) is -0.0580. The van der Waals surface area contributed by atoms with E-state index in [1.54, 1.807) is 11.8 Å². The zero-order valence-electron chi connectivity index (χ0n) is 15.3. The fraction of sp³-hybridized carbons (Fsp3) is 0.368. The summed E-state index contributed by atoms with van der Waals surface area (Å²) in [6.45, 7) is 0.963. The van der Waals surface area contributed by atoms with Crippen molar-refractivity contribution >= 4 is 21.8 Å². The predicted molar refractivity (Wildman–Crippen MR) is 104 cm³/mol. The van der Waals surface area contributed by atoms with E-state index >= 15 is 0 Å². The SMILES string of the molecule is COc1ccc(S(=O)(=O)N2CCSC(c3ccc4c(c3)OCO4)CC2)cc1F. The van der Waals surface area contributed by atoms with Crippen LogP contribution in [-0.4, -0.2) is 45.5 Å². The van der Waals surface area contributed by atoms with Crippen LogP contribution in [0.1, 0.15) is 17.2 Å². The molecular weight excluding hydrogens is 405 g/mol. The third kappa shape index (κ3) is 3.66. The fourth-order valence-electron chi connectivity index (χ4n) is 3.33. The number of thioether (sulfide) groups is 1. The molecule has 1 unspecified atom stereocenters. The molecule has 0 bridgehead atoms. The summed E-state index contributed by atoms with van der Waals surface area (Å²) >= 11 is 1.71. The number of benzene rings is 2. The van der Waals surface area contributed by atoms with E-state index < -0.39 is 15.8 Å². The molecule has 0 spiro atoms. The number of sulfonamides is 1. The highest BCUT2D eigenvalue weighted by Gasteiger charge is 2.29. The van der Waals surface area contributed by atoms with Crippen LogP contribution in [0.2, 0.25) is 0 Å². The highest BCUT2D eigenvalue weighted by Crippen LogP contribution is 2.40. The van der Waals surface area contributed by atoms with Crippen molar-refractivity contribution in [1.29, 1.82) is 0 Å². The molecule has 2 aromatic carbocycles. The summed E-state index contributed by atoms with van der Waals surface area (Å²) in [6, 6.07) is 9.57. The molecule has 150 valence electrons. The van der Waals surface area contributed by atoms with Crippen LogP contribution in [0.4, 0.5) is 4.39 Å². The van der Waals surface area contributed by atoms with Crippen LogP contribution in [0.15, 0.2) is 41.3 Å². The minimum Gasteiger partial charge on any atom is -0.494 e. The van der Waals surface area contributed by atoms with Gasteiger partial charge >= 0.3 is 0 Å². The van der Waals surface area contributed by atoms with Crippen LogP contribution < -0.4 is 14.2 Å². The summed E-state index contributed by atoms with van der Waals surface area (Å²) in [5.74, 6) is 1.43. The van der Waals surface area contributed by atoms with Gasteiger partial charge < -0.3 is 14.2 Å². The van der Waals surface area contributed by atoms with E-state index in [1.807, 2.05) is 18.2 Å². The smallest absolute Gasteiger partial charge is 0.243 e. The van der Waals surface area contributed by atoms with Crippen LogP contribution in [0.25, 0.3) is 0 Å². The molecule has 1 saturated heterocycles. The number of ether oxygens (including phenoxy) is 3. The maximum Gasteiger partial charge on any atom is 0.243 e. The molecule has 0 radical (unpaired) electrons. The van der Waals surface area contributed by atoms with Gasteiger partial charge in [-0.05, 0) is 42.3 Å². The van der Waals surface area contributed by atoms with Gasteiger partial charge in [0.25, 0.3) is 0 Å². The summed E-state index contributed by atoms with van der Waals surface area (Å²) in [7, 11) is -2.43. The van der Waals surface area contributed by atoms with Crippen LogP contribution >= 0.6 is 11.8 Å². The normalized spacial score (nSPS) is 20.0. The van der Waals surface area contributed by atoms with E-state index in [-0.39, 0.29) is 22.7 Å². The van der Waals surface area contributed by atoms with E-state index in [9.17, 15) is 12.8 Å². The summed E-state index contributed by atoms with van der Waals surface area (Å²) in [5.41, 5.74) is 1.09. The van der Waals surface area contributed by atoms with Crippen molar-refractivity contribution in [3.8, 4) is 17.2 Å². The molecule has 1 atom stereocenters. The van der Waals surface area contributed by atoms with E-state index in [0.29, 0.717) is 25.3 Å². The molecule has 28 heavy (non-hydrogen) atoms. The van der Waals surface area contributed by atoms with Gasteiger partial charge in [-0.15, -0.1) is 0 Å². The average Bonchev–Trinajstić information content (AvgIpc) is 3.01. The number of rotatable bonds is 4. The average molecular weight is 426 g/mol. The Morgan fingerprint density at radius 1 is 1.14 bits per heavy atom. The van der Waals surface area contributed by atoms with E-state index in [2.05, 4.69) is 0 Å². The second kappa shape index (κ2) is 7.81. The van der Waals surface area contributed by atoms with Crippen molar-refractivity contribution in [3.05, 3.63) is 47.8 Å². The molecule has 9 heteroatoms. The molecule has 6 nitrogen and oxygen atoms in total. The first-order valence-electron chi connectivity index (χ1n) is 8.84. The lowest BCUT2D eigenvalue weighted by Crippen LogP contribution is -2.33. The summed E-state index contributed by atoms with van der Waals surface area (Å²) in [5, 5.41) is 0.155. The molecule has 2 heterocycles. The van der Waals surface area contributed by atoms with Crippen LogP contribution in [0.5, 0.6) is 17.2 Å². The Hall–Kier alpha value is -1.97. The number of halogens is 1. The molecule has 2 aromatic rings. The standard InChI is InChI=1S/C19H20FNO5S2/c1-24-16-5-3-14(11-15(16)20)28(22,23)21-7-6-19(27-9-8-21)13-2-4-17-18(10-13)26-12-25-17/h2-5,10-11,19H,6-9,12H2,1H3. The third-order valence-electron chi connectivity index (χ3n) is 4.83. The first-order chi connectivity index (χ1) is 13.5. The van der Waals surface area contributed by atoms with Gasteiger partial charge in [0, 0.05) is 24.1 Å². The Morgan fingerprint density at radius 3 is 2.75 bits per heavy atom. The second-order valence-electron chi connectivity index (χ2n) is 6.46. The molecule has 0 amide bonds. The maximum atomic E-state index is 14.0. The molecule has 0 saturated carbocycles. The third-order valence-corrected chi connectivity index (χ3v) is 8.05. The fourth-order valence-corrected chi connectivity index (χ4v) is 6.13. The van der Waals surface area contributed by atoms with Crippen LogP contribution in [0, 0.1) is 5.82 Å². The van der Waals surface area contributed by atoms with Crippen molar-refractivity contribution < 1.29 is 27.0 Å². The Balaban J connectivity index is 1.51. The van der Waals surface area contributed by atoms with Crippen molar-refractivity contribution in [2.45, 2.75) is 16.6 Å². The Kier molecular flexibility index (Phi) is 5.39. The summed E-state index contributed by atoms with van der Waals surface area (Å²) in [6.07, 6.45) is 0.655. The highest BCUT2D eigenvalue weighted by atomic mass is 32.2. The molecule has 2 aliphatic heterocycles. The quantitative estimate of drug-likeness (QED) is 0.748. The van der Waals surface area contributed by atoms with Crippen molar-refractivity contribution in [2.24, 2.45) is 0 Å². The largest absolute Gasteiger partial charge is 0.494 e. The molecule has 4 rings (SSSR count). The predicted octanol–water partition coefficient (Wildman–Crippen LogP) is 3.43. The molecule has 0 aromatic heterocycles. The lowest BCUT2D eigenvalue weighted by atomic mass is 10.1. The van der Waals surface area contributed by atoms with Crippen LogP contribution in [-0.2, 0) is 10.0 Å². The van der Waals surface area contributed by atoms with E-state index in [0.717, 1.165) is 23.1 Å². The lowest BCUT2D eigenvalue weighted by Gasteiger charge is -2.20. The Bertz CT molecular complexity index is 982. The number of hydrogen-bond donors (Lipinski definition) is 0. The van der Waals surface area contributed by atoms with Gasteiger partial charge in [0.15, 0.2) is 23.1 Å². The van der Waals surface area contributed by atoms with Gasteiger partial charge in [0.2, 0.25) is 16.8 Å². The van der Waals surface area contributed by atoms with Gasteiger partial charge in [0.05, 0.1) is 12.0 Å². The van der Waals surface area contributed by atoms with Gasteiger partial charge in [0.1, 0.15) is 0 Å². The number of fused-ring (bicyclic) bond motifs is 1. The lowest BCUT2D eigenvalue weighted by molar-refractivity contribution is 0.174. The minimum absolute atomic E-state index is 0.0215. The molecule has 2 aliphatic rings. The zero-order chi connectivity index (χ0) is 19.7. The van der Waals surface area contributed by atoms with Gasteiger partial charge in [-0.1, -0.05) is 6.07 Å². The van der Waals surface area contributed by atoms with Gasteiger partial charge in [-0.25, -0.2) is 12.8 Å². The first kappa shape index (κ1) is 19.4. The van der Waals surface area contributed by atoms with E-state index in [1.165, 1.54) is 23.5 Å². The molecule has 1 fully saturated rings. The van der Waals surface area contributed by atoms with Crippen molar-refractivity contribution in [1.82, 2.24) is 4.31 Å². The van der Waals surface area contributed by atoms with E-state index in [4.69, 9.17) is 14.2 Å². The van der Waals surface area contributed by atoms with Crippen molar-refractivity contribution in [2.75, 3.05) is 32.7 Å². The topological polar surface area (TPSA) is 65.1 Å². The Labute approximate surface area is 167 Å². The second-order valence-corrected chi connectivity index (χ2v) is 9.71. The number of nitrogens with zero attached hydrogens (tertiary/aromatic N) is 1. The first-order valence-corrected chi connectivity index (χ1v) is 11.3. The number of methoxy groups -OCH3 is 1. The molecule has 0 aliphatic carbocycles. The highest BCUT2D eigenvalue weighted by molar-refractivity contribution is 7.99. The number of hydrogen-bond acceptors (Lipinski definition) is 6. The van der Waals surface area contributed by atoms with Gasteiger partial charge in [-0.3, -0.25) is 0 Å². The van der Waals surface area contributed by atoms with Crippen molar-refractivity contribution in [3.63, 3.8) is 0 Å². The Morgan fingerprint density at radius 2 is 1.96 bits per heavy atom. The molecular formula is C19H20FNO5S2. The maximum absolute atomic E-state index is 14.0.